The second-order valence-corrected chi connectivity index (χ2v) is 5.44. The molecule has 0 saturated carbocycles. The van der Waals surface area contributed by atoms with E-state index in [0.29, 0.717) is 18.9 Å². The number of rotatable bonds is 9. The molecule has 0 aliphatic carbocycles. The van der Waals surface area contributed by atoms with Gasteiger partial charge in [0.25, 0.3) is 0 Å². The predicted octanol–water partition coefficient (Wildman–Crippen LogP) is 3.41. The van der Waals surface area contributed by atoms with Crippen molar-refractivity contribution in [3.05, 3.63) is 35.9 Å². The van der Waals surface area contributed by atoms with Gasteiger partial charge in [0, 0.05) is 19.0 Å². The molecule has 0 heterocycles. The van der Waals surface area contributed by atoms with Crippen molar-refractivity contribution in [3.8, 4) is 0 Å². The fraction of sp³-hybridized carbons (Fsp3) is 0.588. The molecule has 20 heavy (non-hydrogen) atoms. The fourth-order valence-corrected chi connectivity index (χ4v) is 2.32. The highest BCUT2D eigenvalue weighted by molar-refractivity contribution is 5.76. The molecule has 112 valence electrons. The highest BCUT2D eigenvalue weighted by atomic mass is 16.1. The number of carbonyl (C=O) groups excluding carboxylic acids is 1. The van der Waals surface area contributed by atoms with Crippen LogP contribution in [0.4, 0.5) is 0 Å². The number of hydrogen-bond acceptors (Lipinski definition) is 2. The molecule has 1 amide bonds. The average molecular weight is 276 g/mol. The maximum absolute atomic E-state index is 11.9. The smallest absolute Gasteiger partial charge is 0.220 e. The van der Waals surface area contributed by atoms with Crippen molar-refractivity contribution in [2.45, 2.75) is 52.0 Å². The summed E-state index contributed by atoms with van der Waals surface area (Å²) in [7, 11) is 0. The van der Waals surface area contributed by atoms with Crippen molar-refractivity contribution in [1.29, 1.82) is 0 Å². The Labute approximate surface area is 122 Å². The molecule has 0 bridgehead atoms. The summed E-state index contributed by atoms with van der Waals surface area (Å²) in [6, 6.07) is 9.76. The highest BCUT2D eigenvalue weighted by Gasteiger charge is 2.13. The molecule has 0 aliphatic rings. The minimum absolute atomic E-state index is 0.124. The Hall–Kier alpha value is -1.35. The van der Waals surface area contributed by atoms with E-state index in [1.807, 2.05) is 30.3 Å². The molecule has 3 heteroatoms. The molecule has 1 aromatic carbocycles. The zero-order valence-electron chi connectivity index (χ0n) is 12.8. The first-order chi connectivity index (χ1) is 9.67. The van der Waals surface area contributed by atoms with Crippen LogP contribution in [0, 0.1) is 5.92 Å². The largest absolute Gasteiger partial charge is 0.354 e. The van der Waals surface area contributed by atoms with Crippen LogP contribution in [0.3, 0.4) is 0 Å². The van der Waals surface area contributed by atoms with Gasteiger partial charge in [-0.05, 0) is 17.9 Å². The van der Waals surface area contributed by atoms with E-state index in [-0.39, 0.29) is 11.9 Å². The summed E-state index contributed by atoms with van der Waals surface area (Å²) in [4.78, 5) is 11.9. The molecule has 3 nitrogen and oxygen atoms in total. The first-order valence-corrected chi connectivity index (χ1v) is 7.74. The zero-order valence-corrected chi connectivity index (χ0v) is 12.8. The lowest BCUT2D eigenvalue weighted by atomic mass is 9.95. The molecule has 0 fully saturated rings. The quantitative estimate of drug-likeness (QED) is 0.726. The Bertz CT molecular complexity index is 378. The molecular formula is C17H28N2O. The number of nitrogens with two attached hydrogens (primary N) is 1. The van der Waals surface area contributed by atoms with Gasteiger partial charge in [-0.15, -0.1) is 0 Å². The predicted molar refractivity (Wildman–Crippen MR) is 84.3 cm³/mol. The molecular weight excluding hydrogens is 248 g/mol. The van der Waals surface area contributed by atoms with Gasteiger partial charge in [-0.25, -0.2) is 0 Å². The monoisotopic (exact) mass is 276 g/mol. The third-order valence-electron chi connectivity index (χ3n) is 3.76. The number of hydrogen-bond donors (Lipinski definition) is 2. The SMILES string of the molecule is CCCCC(CC)CC(=O)NCC(N)c1ccccc1. The summed E-state index contributed by atoms with van der Waals surface area (Å²) in [6.07, 6.45) is 5.23. The van der Waals surface area contributed by atoms with Gasteiger partial charge in [-0.2, -0.15) is 0 Å². The van der Waals surface area contributed by atoms with E-state index in [1.54, 1.807) is 0 Å². The van der Waals surface area contributed by atoms with Gasteiger partial charge in [0.2, 0.25) is 5.91 Å². The summed E-state index contributed by atoms with van der Waals surface area (Å²) in [5.74, 6) is 0.627. The van der Waals surface area contributed by atoms with E-state index < -0.39 is 0 Å². The standard InChI is InChI=1S/C17H28N2O/c1-3-5-9-14(4-2)12-17(20)19-13-16(18)15-10-7-6-8-11-15/h6-8,10-11,14,16H,3-5,9,12-13,18H2,1-2H3,(H,19,20). The number of carbonyl (C=O) groups is 1. The van der Waals surface area contributed by atoms with Crippen LogP contribution in [-0.4, -0.2) is 12.5 Å². The van der Waals surface area contributed by atoms with E-state index >= 15 is 0 Å². The summed E-state index contributed by atoms with van der Waals surface area (Å²) in [6.45, 7) is 4.85. The Balaban J connectivity index is 2.32. The van der Waals surface area contributed by atoms with Crippen molar-refractivity contribution in [1.82, 2.24) is 5.32 Å². The van der Waals surface area contributed by atoms with Crippen molar-refractivity contribution < 1.29 is 4.79 Å². The highest BCUT2D eigenvalue weighted by Crippen LogP contribution is 2.16. The lowest BCUT2D eigenvalue weighted by Crippen LogP contribution is -2.32. The Morgan fingerprint density at radius 1 is 1.25 bits per heavy atom. The summed E-state index contributed by atoms with van der Waals surface area (Å²) < 4.78 is 0. The normalized spacial score (nSPS) is 13.8. The molecule has 0 spiro atoms. The zero-order chi connectivity index (χ0) is 14.8. The van der Waals surface area contributed by atoms with Crippen LogP contribution in [0.1, 0.15) is 57.6 Å². The van der Waals surface area contributed by atoms with E-state index in [0.717, 1.165) is 18.4 Å². The van der Waals surface area contributed by atoms with Crippen LogP contribution < -0.4 is 11.1 Å². The number of benzene rings is 1. The van der Waals surface area contributed by atoms with Crippen LogP contribution in [0.25, 0.3) is 0 Å². The van der Waals surface area contributed by atoms with E-state index in [2.05, 4.69) is 19.2 Å². The maximum atomic E-state index is 11.9. The van der Waals surface area contributed by atoms with Crippen LogP contribution in [-0.2, 0) is 4.79 Å². The summed E-state index contributed by atoms with van der Waals surface area (Å²) in [5.41, 5.74) is 7.13. The minimum atomic E-state index is -0.129. The van der Waals surface area contributed by atoms with Gasteiger partial charge >= 0.3 is 0 Å². The van der Waals surface area contributed by atoms with Crippen molar-refractivity contribution in [3.63, 3.8) is 0 Å². The van der Waals surface area contributed by atoms with Crippen molar-refractivity contribution in [2.75, 3.05) is 6.54 Å². The minimum Gasteiger partial charge on any atom is -0.354 e. The molecule has 0 radical (unpaired) electrons. The van der Waals surface area contributed by atoms with Gasteiger partial charge in [0.1, 0.15) is 0 Å². The summed E-state index contributed by atoms with van der Waals surface area (Å²) >= 11 is 0. The van der Waals surface area contributed by atoms with E-state index in [4.69, 9.17) is 5.73 Å². The average Bonchev–Trinajstić information content (AvgIpc) is 2.49. The first-order valence-electron chi connectivity index (χ1n) is 7.74. The molecule has 1 aromatic rings. The summed E-state index contributed by atoms with van der Waals surface area (Å²) in [5, 5.41) is 2.96. The maximum Gasteiger partial charge on any atom is 0.220 e. The van der Waals surface area contributed by atoms with Gasteiger partial charge in [0.05, 0.1) is 0 Å². The second kappa shape index (κ2) is 9.54. The second-order valence-electron chi connectivity index (χ2n) is 5.44. The molecule has 0 aliphatic heterocycles. The number of nitrogens with one attached hydrogen (secondary N) is 1. The first kappa shape index (κ1) is 16.7. The third kappa shape index (κ3) is 6.20. The van der Waals surface area contributed by atoms with Crippen LogP contribution in [0.2, 0.25) is 0 Å². The fourth-order valence-electron chi connectivity index (χ4n) is 2.32. The van der Waals surface area contributed by atoms with Gasteiger partial charge in [-0.1, -0.05) is 63.4 Å². The van der Waals surface area contributed by atoms with Crippen LogP contribution in [0.5, 0.6) is 0 Å². The van der Waals surface area contributed by atoms with Crippen LogP contribution in [0.15, 0.2) is 30.3 Å². The lowest BCUT2D eigenvalue weighted by molar-refractivity contribution is -0.122. The Kier molecular flexibility index (Phi) is 7.97. The topological polar surface area (TPSA) is 55.1 Å². The lowest BCUT2D eigenvalue weighted by Gasteiger charge is -2.16. The van der Waals surface area contributed by atoms with Crippen molar-refractivity contribution >= 4 is 5.91 Å². The number of unbranched alkanes of at least 4 members (excludes halogenated alkanes) is 1. The van der Waals surface area contributed by atoms with Crippen molar-refractivity contribution in [2.24, 2.45) is 11.7 Å². The molecule has 2 unspecified atom stereocenters. The Morgan fingerprint density at radius 2 is 1.95 bits per heavy atom. The third-order valence-corrected chi connectivity index (χ3v) is 3.76. The van der Waals surface area contributed by atoms with E-state index in [1.165, 1.54) is 12.8 Å². The number of amides is 1. The molecule has 3 N–H and O–H groups in total. The van der Waals surface area contributed by atoms with Gasteiger partial charge in [-0.3, -0.25) is 4.79 Å². The molecule has 0 aromatic heterocycles. The Morgan fingerprint density at radius 3 is 2.55 bits per heavy atom. The molecule has 2 atom stereocenters. The molecule has 1 rings (SSSR count). The van der Waals surface area contributed by atoms with Crippen LogP contribution >= 0.6 is 0 Å². The van der Waals surface area contributed by atoms with Gasteiger partial charge < -0.3 is 11.1 Å². The molecule has 0 saturated heterocycles. The van der Waals surface area contributed by atoms with E-state index in [9.17, 15) is 4.79 Å². The van der Waals surface area contributed by atoms with Gasteiger partial charge in [0.15, 0.2) is 0 Å².